The summed E-state index contributed by atoms with van der Waals surface area (Å²) in [4.78, 5) is 0. The second-order valence-corrected chi connectivity index (χ2v) is 6.95. The van der Waals surface area contributed by atoms with Crippen molar-refractivity contribution in [3.63, 3.8) is 0 Å². The molecule has 19 heavy (non-hydrogen) atoms. The topological polar surface area (TPSA) is 12.0 Å². The number of nitrogens with one attached hydrogen (secondary N) is 1. The van der Waals surface area contributed by atoms with E-state index in [1.165, 1.54) is 51.4 Å². The van der Waals surface area contributed by atoms with Gasteiger partial charge in [-0.3, -0.25) is 0 Å². The maximum absolute atomic E-state index is 4.05. The van der Waals surface area contributed by atoms with Crippen molar-refractivity contribution in [2.75, 3.05) is 0 Å². The van der Waals surface area contributed by atoms with Crippen molar-refractivity contribution in [2.45, 2.75) is 63.5 Å². The molecule has 0 heterocycles. The first-order valence-corrected chi connectivity index (χ1v) is 8.23. The van der Waals surface area contributed by atoms with Crippen LogP contribution in [-0.2, 0) is 12.8 Å². The van der Waals surface area contributed by atoms with Gasteiger partial charge in [-0.25, -0.2) is 0 Å². The van der Waals surface area contributed by atoms with Crippen molar-refractivity contribution in [3.8, 4) is 0 Å². The van der Waals surface area contributed by atoms with Gasteiger partial charge in [0.25, 0.3) is 0 Å². The molecular formula is C18H25N. The van der Waals surface area contributed by atoms with Crippen LogP contribution in [0.2, 0.25) is 0 Å². The zero-order valence-corrected chi connectivity index (χ0v) is 11.8. The van der Waals surface area contributed by atoms with E-state index in [9.17, 15) is 0 Å². The maximum Gasteiger partial charge on any atom is 0.0132 e. The molecule has 0 amide bonds. The van der Waals surface area contributed by atoms with Crippen molar-refractivity contribution in [1.29, 1.82) is 0 Å². The van der Waals surface area contributed by atoms with E-state index in [0.717, 1.165) is 23.9 Å². The first-order valence-electron chi connectivity index (χ1n) is 8.23. The van der Waals surface area contributed by atoms with Gasteiger partial charge in [0.2, 0.25) is 0 Å². The Morgan fingerprint density at radius 3 is 1.95 bits per heavy atom. The van der Waals surface area contributed by atoms with Crippen LogP contribution in [-0.4, -0.2) is 12.1 Å². The Morgan fingerprint density at radius 2 is 1.37 bits per heavy atom. The van der Waals surface area contributed by atoms with Crippen LogP contribution in [0.3, 0.4) is 0 Å². The molecule has 1 N–H and O–H groups in total. The molecule has 2 fully saturated rings. The molecule has 0 saturated heterocycles. The normalized spacial score (nSPS) is 34.2. The van der Waals surface area contributed by atoms with Crippen LogP contribution in [0.15, 0.2) is 24.3 Å². The van der Waals surface area contributed by atoms with Gasteiger partial charge in [0.15, 0.2) is 0 Å². The number of hydrogen-bond acceptors (Lipinski definition) is 1. The summed E-state index contributed by atoms with van der Waals surface area (Å²) in [6.07, 6.45) is 11.3. The minimum Gasteiger partial charge on any atom is -0.311 e. The summed E-state index contributed by atoms with van der Waals surface area (Å²) in [5.74, 6) is 1.79. The lowest BCUT2D eigenvalue weighted by Crippen LogP contribution is -2.43. The molecule has 0 spiro atoms. The van der Waals surface area contributed by atoms with Gasteiger partial charge in [0, 0.05) is 12.1 Å². The van der Waals surface area contributed by atoms with Gasteiger partial charge in [-0.15, -0.1) is 0 Å². The third kappa shape index (κ3) is 2.23. The number of hydrogen-bond donors (Lipinski definition) is 1. The van der Waals surface area contributed by atoms with E-state index in [-0.39, 0.29) is 0 Å². The molecule has 2 bridgehead atoms. The average Bonchev–Trinajstić information content (AvgIpc) is 2.99. The summed E-state index contributed by atoms with van der Waals surface area (Å²) in [6, 6.07) is 10.8. The standard InChI is InChI=1S/C18H25N/c1-2-6-14-12-16-10-9-15(11-13(14)5-1)18(16)19-17-7-3-4-8-17/h1-2,5-6,15-19H,3-4,7-12H2. The summed E-state index contributed by atoms with van der Waals surface area (Å²) in [5.41, 5.74) is 3.26. The Bertz CT molecular complexity index is 414. The summed E-state index contributed by atoms with van der Waals surface area (Å²) >= 11 is 0. The molecule has 2 atom stereocenters. The molecule has 2 saturated carbocycles. The fourth-order valence-electron chi connectivity index (χ4n) is 4.79. The monoisotopic (exact) mass is 255 g/mol. The number of rotatable bonds is 2. The molecule has 1 aromatic carbocycles. The molecule has 0 radical (unpaired) electrons. The van der Waals surface area contributed by atoms with Crippen LogP contribution >= 0.6 is 0 Å². The van der Waals surface area contributed by atoms with Crippen molar-refractivity contribution in [1.82, 2.24) is 5.32 Å². The summed E-state index contributed by atoms with van der Waals surface area (Å²) in [7, 11) is 0. The van der Waals surface area contributed by atoms with Crippen LogP contribution in [0, 0.1) is 11.8 Å². The van der Waals surface area contributed by atoms with Gasteiger partial charge in [0.05, 0.1) is 0 Å². The molecule has 102 valence electrons. The van der Waals surface area contributed by atoms with Crippen molar-refractivity contribution >= 4 is 0 Å². The quantitative estimate of drug-likeness (QED) is 0.849. The largest absolute Gasteiger partial charge is 0.311 e. The highest BCUT2D eigenvalue weighted by molar-refractivity contribution is 5.30. The van der Waals surface area contributed by atoms with E-state index in [1.807, 2.05) is 0 Å². The molecule has 2 unspecified atom stereocenters. The van der Waals surface area contributed by atoms with Crippen LogP contribution in [0.4, 0.5) is 0 Å². The first kappa shape index (κ1) is 12.0. The van der Waals surface area contributed by atoms with E-state index in [2.05, 4.69) is 29.6 Å². The van der Waals surface area contributed by atoms with Crippen LogP contribution < -0.4 is 5.32 Å². The SMILES string of the molecule is c1ccc2c(c1)CC1CCC(C2)C1NC1CCCC1. The predicted octanol–water partition coefficient (Wildman–Crippen LogP) is 3.71. The minimum atomic E-state index is 0.801. The molecule has 4 rings (SSSR count). The summed E-state index contributed by atoms with van der Waals surface area (Å²) < 4.78 is 0. The Labute approximate surface area is 116 Å². The minimum absolute atomic E-state index is 0.801. The summed E-state index contributed by atoms with van der Waals surface area (Å²) in [5, 5.41) is 4.05. The second-order valence-electron chi connectivity index (χ2n) is 6.95. The highest BCUT2D eigenvalue weighted by Crippen LogP contribution is 2.40. The fraction of sp³-hybridized carbons (Fsp3) is 0.667. The van der Waals surface area contributed by atoms with Gasteiger partial charge in [-0.05, 0) is 61.5 Å². The van der Waals surface area contributed by atoms with Crippen molar-refractivity contribution in [3.05, 3.63) is 35.4 Å². The third-order valence-electron chi connectivity index (χ3n) is 5.79. The van der Waals surface area contributed by atoms with Gasteiger partial charge in [0.1, 0.15) is 0 Å². The molecule has 3 aliphatic rings. The van der Waals surface area contributed by atoms with Gasteiger partial charge < -0.3 is 5.32 Å². The number of benzene rings is 1. The van der Waals surface area contributed by atoms with Crippen LogP contribution in [0.1, 0.15) is 49.7 Å². The van der Waals surface area contributed by atoms with Crippen LogP contribution in [0.25, 0.3) is 0 Å². The predicted molar refractivity (Wildman–Crippen MR) is 79.2 cm³/mol. The van der Waals surface area contributed by atoms with E-state index in [1.54, 1.807) is 11.1 Å². The first-order chi connectivity index (χ1) is 9.40. The Morgan fingerprint density at radius 1 is 0.789 bits per heavy atom. The van der Waals surface area contributed by atoms with Gasteiger partial charge in [-0.2, -0.15) is 0 Å². The van der Waals surface area contributed by atoms with Gasteiger partial charge in [-0.1, -0.05) is 37.1 Å². The Kier molecular flexibility index (Phi) is 3.11. The molecule has 1 heteroatoms. The number of fused-ring (bicyclic) bond motifs is 3. The van der Waals surface area contributed by atoms with Crippen LogP contribution in [0.5, 0.6) is 0 Å². The van der Waals surface area contributed by atoms with E-state index < -0.39 is 0 Å². The lowest BCUT2D eigenvalue weighted by Gasteiger charge is -2.27. The zero-order chi connectivity index (χ0) is 12.7. The zero-order valence-electron chi connectivity index (χ0n) is 11.8. The Balaban J connectivity index is 1.55. The smallest absolute Gasteiger partial charge is 0.0132 e. The second kappa shape index (κ2) is 4.94. The maximum atomic E-state index is 4.05. The lowest BCUT2D eigenvalue weighted by molar-refractivity contribution is 0.306. The third-order valence-corrected chi connectivity index (χ3v) is 5.79. The molecular weight excluding hydrogens is 230 g/mol. The molecule has 0 aromatic heterocycles. The molecule has 0 aliphatic heterocycles. The highest BCUT2D eigenvalue weighted by atomic mass is 15.0. The lowest BCUT2D eigenvalue weighted by atomic mass is 9.94. The molecule has 1 aromatic rings. The average molecular weight is 255 g/mol. The van der Waals surface area contributed by atoms with Crippen molar-refractivity contribution < 1.29 is 0 Å². The highest BCUT2D eigenvalue weighted by Gasteiger charge is 2.39. The van der Waals surface area contributed by atoms with Crippen molar-refractivity contribution in [2.24, 2.45) is 11.8 Å². The van der Waals surface area contributed by atoms with E-state index >= 15 is 0 Å². The summed E-state index contributed by atoms with van der Waals surface area (Å²) in [6.45, 7) is 0. The molecule has 3 aliphatic carbocycles. The Hall–Kier alpha value is -0.820. The van der Waals surface area contributed by atoms with Gasteiger partial charge >= 0.3 is 0 Å². The van der Waals surface area contributed by atoms with E-state index in [4.69, 9.17) is 0 Å². The molecule has 1 nitrogen and oxygen atoms in total. The fourth-order valence-corrected chi connectivity index (χ4v) is 4.79. The van der Waals surface area contributed by atoms with E-state index in [0.29, 0.717) is 0 Å².